The maximum atomic E-state index is 13.6. The number of nitrogens with zero attached hydrogens (tertiary/aromatic N) is 1. The maximum Gasteiger partial charge on any atom is 0.261 e. The van der Waals surface area contributed by atoms with E-state index in [0.717, 1.165) is 15.6 Å². The van der Waals surface area contributed by atoms with Crippen molar-refractivity contribution in [1.82, 2.24) is 10.2 Å². The summed E-state index contributed by atoms with van der Waals surface area (Å²) in [6.07, 6.45) is 0.341. The lowest BCUT2D eigenvalue weighted by Gasteiger charge is -2.33. The third-order valence-electron chi connectivity index (χ3n) is 5.28. The molecular weight excluding hydrogens is 563 g/mol. The van der Waals surface area contributed by atoms with Crippen molar-refractivity contribution in [3.63, 3.8) is 0 Å². The van der Waals surface area contributed by atoms with Crippen LogP contribution in [0.5, 0.6) is 5.75 Å². The minimum atomic E-state index is -0.776. The summed E-state index contributed by atoms with van der Waals surface area (Å²) in [7, 11) is 0. The highest BCUT2D eigenvalue weighted by atomic mass is 79.9. The Hall–Kier alpha value is -2.54. The van der Waals surface area contributed by atoms with Crippen molar-refractivity contribution in [2.45, 2.75) is 45.3 Å². The van der Waals surface area contributed by atoms with Crippen molar-refractivity contribution in [3.05, 3.63) is 98.4 Å². The first-order chi connectivity index (χ1) is 17.0. The molecule has 0 saturated heterocycles. The highest BCUT2D eigenvalue weighted by Gasteiger charge is 2.32. The number of rotatable bonds is 9. The van der Waals surface area contributed by atoms with E-state index in [9.17, 15) is 9.59 Å². The zero-order valence-corrected chi connectivity index (χ0v) is 23.5. The fourth-order valence-electron chi connectivity index (χ4n) is 3.60. The molecule has 8 heteroatoms. The summed E-state index contributed by atoms with van der Waals surface area (Å²) in [5, 5.41) is 3.84. The molecule has 1 atom stereocenters. The van der Waals surface area contributed by atoms with Crippen LogP contribution < -0.4 is 10.1 Å². The number of ether oxygens (including phenoxy) is 1. The van der Waals surface area contributed by atoms with Crippen LogP contribution in [0.2, 0.25) is 10.0 Å². The van der Waals surface area contributed by atoms with Crippen molar-refractivity contribution in [1.29, 1.82) is 0 Å². The van der Waals surface area contributed by atoms with Crippen LogP contribution >= 0.6 is 39.1 Å². The fraction of sp³-hybridized carbons (Fsp3) is 0.286. The molecule has 0 heterocycles. The Labute approximate surface area is 230 Å². The van der Waals surface area contributed by atoms with E-state index in [0.29, 0.717) is 22.2 Å². The van der Waals surface area contributed by atoms with E-state index in [1.54, 1.807) is 35.2 Å². The van der Waals surface area contributed by atoms with Gasteiger partial charge in [0.25, 0.3) is 5.91 Å². The Morgan fingerprint density at radius 3 is 2.22 bits per heavy atom. The van der Waals surface area contributed by atoms with Gasteiger partial charge in [0, 0.05) is 23.0 Å². The Balaban J connectivity index is 1.94. The molecule has 0 aliphatic heterocycles. The summed E-state index contributed by atoms with van der Waals surface area (Å²) in [5.74, 6) is -0.0165. The van der Waals surface area contributed by atoms with Crippen LogP contribution in [0.3, 0.4) is 0 Å². The van der Waals surface area contributed by atoms with Crippen molar-refractivity contribution in [3.8, 4) is 5.75 Å². The monoisotopic (exact) mass is 590 g/mol. The molecule has 0 unspecified atom stereocenters. The molecule has 0 radical (unpaired) electrons. The molecule has 0 aliphatic carbocycles. The lowest BCUT2D eigenvalue weighted by molar-refractivity contribution is -0.143. The summed E-state index contributed by atoms with van der Waals surface area (Å²) in [6, 6.07) is 21.3. The molecule has 1 N–H and O–H groups in total. The molecule has 190 valence electrons. The topological polar surface area (TPSA) is 58.6 Å². The second-order valence-corrected chi connectivity index (χ2v) is 11.2. The predicted octanol–water partition coefficient (Wildman–Crippen LogP) is 6.69. The average molecular weight is 592 g/mol. The molecule has 0 bridgehead atoms. The van der Waals surface area contributed by atoms with Crippen LogP contribution in [0.15, 0.2) is 77.3 Å². The van der Waals surface area contributed by atoms with Crippen LogP contribution in [0.4, 0.5) is 0 Å². The van der Waals surface area contributed by atoms with Crippen molar-refractivity contribution in [2.24, 2.45) is 0 Å². The molecule has 3 aromatic carbocycles. The zero-order chi connectivity index (χ0) is 26.3. The number of amides is 2. The van der Waals surface area contributed by atoms with Crippen molar-refractivity contribution < 1.29 is 14.3 Å². The highest BCUT2D eigenvalue weighted by molar-refractivity contribution is 9.10. The van der Waals surface area contributed by atoms with Gasteiger partial charge in [-0.3, -0.25) is 9.59 Å². The van der Waals surface area contributed by atoms with E-state index in [1.807, 2.05) is 63.2 Å². The molecule has 3 aromatic rings. The largest absolute Gasteiger partial charge is 0.484 e. The van der Waals surface area contributed by atoms with Crippen LogP contribution in [0.25, 0.3) is 0 Å². The van der Waals surface area contributed by atoms with E-state index < -0.39 is 11.6 Å². The van der Waals surface area contributed by atoms with Gasteiger partial charge in [0.1, 0.15) is 11.8 Å². The number of halogens is 3. The Morgan fingerprint density at radius 1 is 0.944 bits per heavy atom. The van der Waals surface area contributed by atoms with Gasteiger partial charge in [-0.15, -0.1) is 0 Å². The van der Waals surface area contributed by atoms with Crippen LogP contribution in [0, 0.1) is 0 Å². The van der Waals surface area contributed by atoms with Crippen LogP contribution in [0.1, 0.15) is 31.9 Å². The lowest BCUT2D eigenvalue weighted by atomic mass is 10.0. The number of hydrogen-bond acceptors (Lipinski definition) is 3. The minimum absolute atomic E-state index is 0.161. The van der Waals surface area contributed by atoms with Gasteiger partial charge in [-0.1, -0.05) is 75.5 Å². The first-order valence-electron chi connectivity index (χ1n) is 11.5. The Morgan fingerprint density at radius 2 is 1.61 bits per heavy atom. The average Bonchev–Trinajstić information content (AvgIpc) is 2.82. The summed E-state index contributed by atoms with van der Waals surface area (Å²) in [5.41, 5.74) is 1.22. The van der Waals surface area contributed by atoms with Gasteiger partial charge in [0.2, 0.25) is 5.91 Å². The van der Waals surface area contributed by atoms with E-state index in [2.05, 4.69) is 21.2 Å². The lowest BCUT2D eigenvalue weighted by Crippen LogP contribution is -2.55. The summed E-state index contributed by atoms with van der Waals surface area (Å²) >= 11 is 15.7. The van der Waals surface area contributed by atoms with Gasteiger partial charge in [-0.2, -0.15) is 0 Å². The molecule has 0 spiro atoms. The van der Waals surface area contributed by atoms with Gasteiger partial charge in [0.05, 0.1) is 10.0 Å². The van der Waals surface area contributed by atoms with Gasteiger partial charge in [0.15, 0.2) is 6.61 Å². The summed E-state index contributed by atoms with van der Waals surface area (Å²) < 4.78 is 6.68. The quantitative estimate of drug-likeness (QED) is 0.302. The number of carbonyl (C=O) groups is 2. The number of benzene rings is 3. The first-order valence-corrected chi connectivity index (χ1v) is 13.0. The third kappa shape index (κ3) is 8.54. The van der Waals surface area contributed by atoms with Gasteiger partial charge in [-0.25, -0.2) is 0 Å². The second-order valence-electron chi connectivity index (χ2n) is 9.46. The second kappa shape index (κ2) is 12.6. The van der Waals surface area contributed by atoms with Gasteiger partial charge in [-0.05, 0) is 68.3 Å². The standard InChI is InChI=1S/C28H29BrCl2N2O3/c1-28(2,3)32-27(35)25(16-19-7-5-4-6-8-19)33(17-20-9-14-23(30)24(31)15-20)26(34)18-36-22-12-10-21(29)11-13-22/h4-15,25H,16-18H2,1-3H3,(H,32,35)/t25-/m1/s1. The number of hydrogen-bond donors (Lipinski definition) is 1. The van der Waals surface area contributed by atoms with Gasteiger partial charge >= 0.3 is 0 Å². The first kappa shape index (κ1) is 28.0. The summed E-state index contributed by atoms with van der Waals surface area (Å²) in [6.45, 7) is 5.66. The normalized spacial score (nSPS) is 12.1. The van der Waals surface area contributed by atoms with Crippen LogP contribution in [-0.4, -0.2) is 34.9 Å². The maximum absolute atomic E-state index is 13.6. The molecule has 36 heavy (non-hydrogen) atoms. The van der Waals surface area contributed by atoms with E-state index in [1.165, 1.54) is 0 Å². The van der Waals surface area contributed by atoms with E-state index >= 15 is 0 Å². The van der Waals surface area contributed by atoms with Crippen molar-refractivity contribution in [2.75, 3.05) is 6.61 Å². The highest BCUT2D eigenvalue weighted by Crippen LogP contribution is 2.25. The molecule has 0 fully saturated rings. The number of nitrogens with one attached hydrogen (secondary N) is 1. The van der Waals surface area contributed by atoms with Crippen molar-refractivity contribution >= 4 is 50.9 Å². The minimum Gasteiger partial charge on any atom is -0.484 e. The summed E-state index contributed by atoms with van der Waals surface area (Å²) in [4.78, 5) is 28.7. The molecule has 0 aromatic heterocycles. The van der Waals surface area contributed by atoms with E-state index in [-0.39, 0.29) is 25.0 Å². The van der Waals surface area contributed by atoms with Crippen LogP contribution in [-0.2, 0) is 22.6 Å². The number of carbonyl (C=O) groups excluding carboxylic acids is 2. The molecule has 3 rings (SSSR count). The predicted molar refractivity (Wildman–Crippen MR) is 148 cm³/mol. The van der Waals surface area contributed by atoms with Gasteiger partial charge < -0.3 is 15.0 Å². The Bertz CT molecular complexity index is 1180. The molecule has 0 aliphatic rings. The molecule has 2 amide bonds. The molecular formula is C28H29BrCl2N2O3. The fourth-order valence-corrected chi connectivity index (χ4v) is 4.19. The van der Waals surface area contributed by atoms with E-state index in [4.69, 9.17) is 27.9 Å². The smallest absolute Gasteiger partial charge is 0.261 e. The molecule has 0 saturated carbocycles. The molecule has 5 nitrogen and oxygen atoms in total. The Kier molecular flexibility index (Phi) is 9.83. The third-order valence-corrected chi connectivity index (χ3v) is 6.55. The zero-order valence-electron chi connectivity index (χ0n) is 20.4. The SMILES string of the molecule is CC(C)(C)NC(=O)[C@@H](Cc1ccccc1)N(Cc1ccc(Cl)c(Cl)c1)C(=O)COc1ccc(Br)cc1.